The lowest BCUT2D eigenvalue weighted by molar-refractivity contribution is -0.121. The number of carbonyl (C=O) groups excluding carboxylic acids is 1. The van der Waals surface area contributed by atoms with Crippen LogP contribution < -0.4 is 11.1 Å². The molecule has 1 amide bonds. The van der Waals surface area contributed by atoms with Crippen LogP contribution in [0, 0.1) is 0 Å². The number of nitrogens with one attached hydrogen (secondary N) is 1. The van der Waals surface area contributed by atoms with Crippen LogP contribution in [0.15, 0.2) is 24.3 Å². The summed E-state index contributed by atoms with van der Waals surface area (Å²) in [5, 5.41) is 2.90. The van der Waals surface area contributed by atoms with Crippen LogP contribution in [-0.2, 0) is 16.0 Å². The Morgan fingerprint density at radius 3 is 2.63 bits per heavy atom. The van der Waals surface area contributed by atoms with E-state index in [9.17, 15) is 4.79 Å². The van der Waals surface area contributed by atoms with Crippen molar-refractivity contribution in [2.75, 3.05) is 25.5 Å². The van der Waals surface area contributed by atoms with Crippen LogP contribution in [-0.4, -0.2) is 25.7 Å². The molecule has 19 heavy (non-hydrogen) atoms. The third-order valence-electron chi connectivity index (χ3n) is 2.61. The summed E-state index contributed by atoms with van der Waals surface area (Å²) < 4.78 is 5.18. The molecule has 3 N–H and O–H groups in total. The highest BCUT2D eigenvalue weighted by molar-refractivity contribution is 5.85. The van der Waals surface area contributed by atoms with Crippen LogP contribution >= 0.6 is 12.4 Å². The number of rotatable bonds is 8. The van der Waals surface area contributed by atoms with E-state index < -0.39 is 0 Å². The van der Waals surface area contributed by atoms with Gasteiger partial charge in [0.25, 0.3) is 0 Å². The molecule has 0 radical (unpaired) electrons. The van der Waals surface area contributed by atoms with Gasteiger partial charge in [0.05, 0.1) is 0 Å². The maximum atomic E-state index is 11.5. The van der Waals surface area contributed by atoms with Gasteiger partial charge >= 0.3 is 0 Å². The Labute approximate surface area is 121 Å². The summed E-state index contributed by atoms with van der Waals surface area (Å²) in [7, 11) is 0. The Hall–Kier alpha value is -1.26. The lowest BCUT2D eigenvalue weighted by atomic mass is 10.1. The number of amides is 1. The topological polar surface area (TPSA) is 64.3 Å². The highest BCUT2D eigenvalue weighted by atomic mass is 35.5. The summed E-state index contributed by atoms with van der Waals surface area (Å²) in [6.07, 6.45) is 2.14. The minimum Gasteiger partial charge on any atom is -0.399 e. The fourth-order valence-electron chi connectivity index (χ4n) is 1.60. The van der Waals surface area contributed by atoms with Crippen molar-refractivity contribution in [3.63, 3.8) is 0 Å². The summed E-state index contributed by atoms with van der Waals surface area (Å²) in [6.45, 7) is 3.98. The first-order chi connectivity index (χ1) is 8.72. The second kappa shape index (κ2) is 10.6. The molecule has 0 atom stereocenters. The van der Waals surface area contributed by atoms with Crippen LogP contribution in [0.1, 0.15) is 25.3 Å². The van der Waals surface area contributed by atoms with E-state index in [0.29, 0.717) is 26.2 Å². The normalized spacial score (nSPS) is 9.74. The molecule has 0 saturated carbocycles. The van der Waals surface area contributed by atoms with E-state index in [1.807, 2.05) is 31.2 Å². The van der Waals surface area contributed by atoms with E-state index in [-0.39, 0.29) is 18.3 Å². The van der Waals surface area contributed by atoms with Gasteiger partial charge in [0.2, 0.25) is 5.91 Å². The zero-order chi connectivity index (χ0) is 13.2. The fraction of sp³-hybridized carbons (Fsp3) is 0.500. The lowest BCUT2D eigenvalue weighted by Crippen LogP contribution is -2.25. The van der Waals surface area contributed by atoms with Crippen molar-refractivity contribution in [1.82, 2.24) is 5.32 Å². The summed E-state index contributed by atoms with van der Waals surface area (Å²) in [6, 6.07) is 7.71. The van der Waals surface area contributed by atoms with Gasteiger partial charge in [0.15, 0.2) is 0 Å². The smallest absolute Gasteiger partial charge is 0.220 e. The van der Waals surface area contributed by atoms with Gasteiger partial charge in [-0.2, -0.15) is 0 Å². The zero-order valence-electron chi connectivity index (χ0n) is 11.4. The van der Waals surface area contributed by atoms with Crippen molar-refractivity contribution in [3.05, 3.63) is 29.8 Å². The Morgan fingerprint density at radius 1 is 1.32 bits per heavy atom. The quantitative estimate of drug-likeness (QED) is 0.569. The minimum absolute atomic E-state index is 0. The van der Waals surface area contributed by atoms with Crippen molar-refractivity contribution in [1.29, 1.82) is 0 Å². The third-order valence-corrected chi connectivity index (χ3v) is 2.61. The van der Waals surface area contributed by atoms with Crippen molar-refractivity contribution >= 4 is 24.0 Å². The monoisotopic (exact) mass is 286 g/mol. The number of hydrogen-bond donors (Lipinski definition) is 2. The number of hydrogen-bond acceptors (Lipinski definition) is 3. The first-order valence-corrected chi connectivity index (χ1v) is 6.41. The molecule has 0 saturated heterocycles. The molecule has 0 bridgehead atoms. The van der Waals surface area contributed by atoms with Crippen molar-refractivity contribution in [3.8, 4) is 0 Å². The van der Waals surface area contributed by atoms with E-state index in [1.54, 1.807) is 0 Å². The van der Waals surface area contributed by atoms with Gasteiger partial charge in [-0.15, -0.1) is 12.4 Å². The molecule has 0 aliphatic carbocycles. The Kier molecular flexibility index (Phi) is 9.94. The van der Waals surface area contributed by atoms with Crippen LogP contribution in [0.5, 0.6) is 0 Å². The van der Waals surface area contributed by atoms with Gasteiger partial charge in [0, 0.05) is 31.9 Å². The van der Waals surface area contributed by atoms with E-state index in [4.69, 9.17) is 10.5 Å². The molecular weight excluding hydrogens is 264 g/mol. The number of halogens is 1. The summed E-state index contributed by atoms with van der Waals surface area (Å²) in [5.41, 5.74) is 7.54. The van der Waals surface area contributed by atoms with E-state index in [0.717, 1.165) is 18.5 Å². The Balaban J connectivity index is 0.00000324. The predicted molar refractivity (Wildman–Crippen MR) is 80.5 cm³/mol. The van der Waals surface area contributed by atoms with Gasteiger partial charge in [0.1, 0.15) is 0 Å². The lowest BCUT2D eigenvalue weighted by Gasteiger charge is -2.06. The fourth-order valence-corrected chi connectivity index (χ4v) is 1.60. The molecule has 5 heteroatoms. The number of benzene rings is 1. The van der Waals surface area contributed by atoms with Crippen molar-refractivity contribution in [2.24, 2.45) is 0 Å². The summed E-state index contributed by atoms with van der Waals surface area (Å²) in [5.74, 6) is 0.0881. The minimum atomic E-state index is 0. The second-order valence-electron chi connectivity index (χ2n) is 4.14. The van der Waals surface area contributed by atoms with Gasteiger partial charge in [-0.3, -0.25) is 4.79 Å². The first-order valence-electron chi connectivity index (χ1n) is 6.41. The maximum Gasteiger partial charge on any atom is 0.220 e. The summed E-state index contributed by atoms with van der Waals surface area (Å²) in [4.78, 5) is 11.5. The molecule has 108 valence electrons. The first kappa shape index (κ1) is 17.7. The average molecular weight is 287 g/mol. The number of nitrogens with two attached hydrogens (primary N) is 1. The number of anilines is 1. The zero-order valence-corrected chi connectivity index (χ0v) is 12.2. The molecule has 0 heterocycles. The van der Waals surface area contributed by atoms with Crippen LogP contribution in [0.25, 0.3) is 0 Å². The highest BCUT2D eigenvalue weighted by Gasteiger charge is 2.00. The van der Waals surface area contributed by atoms with Gasteiger partial charge < -0.3 is 15.8 Å². The predicted octanol–water partition coefficient (Wildman–Crippen LogP) is 2.17. The molecule has 0 fully saturated rings. The molecule has 0 spiro atoms. The van der Waals surface area contributed by atoms with Gasteiger partial charge in [-0.05, 0) is 37.5 Å². The van der Waals surface area contributed by atoms with Crippen LogP contribution in [0.2, 0.25) is 0 Å². The van der Waals surface area contributed by atoms with Crippen LogP contribution in [0.3, 0.4) is 0 Å². The third kappa shape index (κ3) is 8.46. The van der Waals surface area contributed by atoms with E-state index >= 15 is 0 Å². The van der Waals surface area contributed by atoms with E-state index in [1.165, 1.54) is 5.56 Å². The molecule has 4 nitrogen and oxygen atoms in total. The maximum absolute atomic E-state index is 11.5. The largest absolute Gasteiger partial charge is 0.399 e. The molecular formula is C14H23ClN2O2. The van der Waals surface area contributed by atoms with Crippen molar-refractivity contribution < 1.29 is 9.53 Å². The number of carbonyl (C=O) groups is 1. The molecule has 0 aliphatic rings. The molecule has 1 aromatic rings. The van der Waals surface area contributed by atoms with Crippen LogP contribution in [0.4, 0.5) is 5.69 Å². The highest BCUT2D eigenvalue weighted by Crippen LogP contribution is 2.05. The molecule has 0 unspecified atom stereocenters. The molecule has 0 aliphatic heterocycles. The van der Waals surface area contributed by atoms with Gasteiger partial charge in [-0.25, -0.2) is 0 Å². The molecule has 1 aromatic carbocycles. The van der Waals surface area contributed by atoms with Crippen molar-refractivity contribution in [2.45, 2.75) is 26.2 Å². The van der Waals surface area contributed by atoms with E-state index in [2.05, 4.69) is 5.32 Å². The Bertz CT molecular complexity index is 355. The number of ether oxygens (including phenoxy) is 1. The standard InChI is InChI=1S/C14H22N2O2.ClH/c1-2-18-11-3-4-14(17)16-10-9-12-5-7-13(15)8-6-12;/h5-8H,2-4,9-11,15H2,1H3,(H,16,17);1H. The summed E-state index contributed by atoms with van der Waals surface area (Å²) >= 11 is 0. The second-order valence-corrected chi connectivity index (χ2v) is 4.14. The average Bonchev–Trinajstić information content (AvgIpc) is 2.37. The Morgan fingerprint density at radius 2 is 2.00 bits per heavy atom. The molecule has 1 rings (SSSR count). The van der Waals surface area contributed by atoms with Gasteiger partial charge in [-0.1, -0.05) is 12.1 Å². The SMILES string of the molecule is CCOCCCC(=O)NCCc1ccc(N)cc1.Cl. The molecule has 0 aromatic heterocycles. The number of nitrogen functional groups attached to an aromatic ring is 1.